The molecule has 4 aromatic rings. The molecule has 29 heavy (non-hydrogen) atoms. The van der Waals surface area contributed by atoms with Gasteiger partial charge in [0.2, 0.25) is 0 Å². The van der Waals surface area contributed by atoms with E-state index in [0.717, 1.165) is 16.7 Å². The number of hydrogen-bond acceptors (Lipinski definition) is 4. The Morgan fingerprint density at radius 3 is 2.38 bits per heavy atom. The second-order valence-corrected chi connectivity index (χ2v) is 6.67. The Kier molecular flexibility index (Phi) is 5.29. The van der Waals surface area contributed by atoms with Crippen molar-refractivity contribution in [2.24, 2.45) is 0 Å². The summed E-state index contributed by atoms with van der Waals surface area (Å²) in [6, 6.07) is 19.1. The minimum absolute atomic E-state index is 0.101. The molecule has 2 aromatic carbocycles. The van der Waals surface area contributed by atoms with Gasteiger partial charge in [-0.3, -0.25) is 13.9 Å². The highest BCUT2D eigenvalue weighted by Crippen LogP contribution is 2.13. The molecule has 0 unspecified atom stereocenters. The first-order valence-corrected chi connectivity index (χ1v) is 9.61. The third kappa shape index (κ3) is 3.85. The molecule has 0 aliphatic carbocycles. The molecule has 0 aliphatic heterocycles. The summed E-state index contributed by atoms with van der Waals surface area (Å²) < 4.78 is 10.4. The van der Waals surface area contributed by atoms with Gasteiger partial charge in [-0.05, 0) is 37.3 Å². The SMILES string of the molecule is CCn1c(=O)n(CCC(=O)OCc2ccn(-c3ccccc3)n2)c2ccccc21. The molecule has 0 spiro atoms. The fraction of sp³-hybridized carbons (Fsp3) is 0.227. The normalized spacial score (nSPS) is 11.1. The van der Waals surface area contributed by atoms with Crippen LogP contribution in [0.2, 0.25) is 0 Å². The lowest BCUT2D eigenvalue weighted by atomic mass is 10.3. The lowest BCUT2D eigenvalue weighted by Gasteiger charge is -2.05. The number of aryl methyl sites for hydroxylation is 2. The third-order valence-electron chi connectivity index (χ3n) is 4.83. The molecule has 0 aliphatic rings. The van der Waals surface area contributed by atoms with Crippen molar-refractivity contribution >= 4 is 17.0 Å². The molecule has 2 aromatic heterocycles. The van der Waals surface area contributed by atoms with Crippen molar-refractivity contribution in [3.8, 4) is 5.69 Å². The summed E-state index contributed by atoms with van der Waals surface area (Å²) in [6.45, 7) is 2.90. The van der Waals surface area contributed by atoms with Crippen LogP contribution in [0.4, 0.5) is 0 Å². The number of imidazole rings is 1. The van der Waals surface area contributed by atoms with E-state index in [1.807, 2.05) is 73.8 Å². The molecule has 0 bridgehead atoms. The molecule has 0 atom stereocenters. The topological polar surface area (TPSA) is 71.1 Å². The van der Waals surface area contributed by atoms with Gasteiger partial charge < -0.3 is 4.74 Å². The number of ether oxygens (including phenoxy) is 1. The van der Waals surface area contributed by atoms with Crippen LogP contribution in [0, 0.1) is 0 Å². The zero-order valence-corrected chi connectivity index (χ0v) is 16.2. The van der Waals surface area contributed by atoms with Crippen molar-refractivity contribution in [2.45, 2.75) is 33.0 Å². The number of carbonyl (C=O) groups is 1. The summed E-state index contributed by atoms with van der Waals surface area (Å²) in [5.74, 6) is -0.362. The highest BCUT2D eigenvalue weighted by atomic mass is 16.5. The fourth-order valence-electron chi connectivity index (χ4n) is 3.39. The number of hydrogen-bond donors (Lipinski definition) is 0. The molecule has 7 nitrogen and oxygen atoms in total. The van der Waals surface area contributed by atoms with Crippen LogP contribution >= 0.6 is 0 Å². The van der Waals surface area contributed by atoms with Crippen LogP contribution in [0.3, 0.4) is 0 Å². The van der Waals surface area contributed by atoms with Crippen molar-refractivity contribution in [1.82, 2.24) is 18.9 Å². The Bertz CT molecular complexity index is 1190. The van der Waals surface area contributed by atoms with Crippen LogP contribution in [-0.2, 0) is 29.2 Å². The van der Waals surface area contributed by atoms with E-state index in [-0.39, 0.29) is 31.2 Å². The second kappa shape index (κ2) is 8.18. The number of esters is 1. The summed E-state index contributed by atoms with van der Waals surface area (Å²) in [5.41, 5.74) is 3.20. The largest absolute Gasteiger partial charge is 0.459 e. The van der Waals surface area contributed by atoms with Crippen molar-refractivity contribution in [2.75, 3.05) is 0 Å². The highest BCUT2D eigenvalue weighted by Gasteiger charge is 2.13. The van der Waals surface area contributed by atoms with Gasteiger partial charge in [-0.15, -0.1) is 0 Å². The zero-order valence-electron chi connectivity index (χ0n) is 16.2. The minimum atomic E-state index is -0.362. The smallest absolute Gasteiger partial charge is 0.329 e. The Morgan fingerprint density at radius 2 is 1.66 bits per heavy atom. The molecule has 0 radical (unpaired) electrons. The van der Waals surface area contributed by atoms with E-state index < -0.39 is 0 Å². The van der Waals surface area contributed by atoms with Crippen LogP contribution in [0.15, 0.2) is 71.7 Å². The van der Waals surface area contributed by atoms with Gasteiger partial charge in [0.1, 0.15) is 12.3 Å². The van der Waals surface area contributed by atoms with E-state index in [2.05, 4.69) is 5.10 Å². The summed E-state index contributed by atoms with van der Waals surface area (Å²) in [4.78, 5) is 24.8. The molecule has 2 heterocycles. The molecule has 0 saturated heterocycles. The molecule has 7 heteroatoms. The molecule has 0 fully saturated rings. The standard InChI is InChI=1S/C22H22N4O3/c1-2-24-19-10-6-7-11-20(19)25(22(24)28)14-13-21(27)29-16-17-12-15-26(23-17)18-8-4-3-5-9-18/h3-12,15H,2,13-14,16H2,1H3. The van der Waals surface area contributed by atoms with Crippen LogP contribution in [0.25, 0.3) is 16.7 Å². The summed E-state index contributed by atoms with van der Waals surface area (Å²) in [6.07, 6.45) is 1.95. The van der Waals surface area contributed by atoms with Crippen molar-refractivity contribution in [3.05, 3.63) is 83.0 Å². The monoisotopic (exact) mass is 390 g/mol. The van der Waals surface area contributed by atoms with Crippen LogP contribution in [0.1, 0.15) is 19.0 Å². The first-order valence-electron chi connectivity index (χ1n) is 9.61. The van der Waals surface area contributed by atoms with Crippen molar-refractivity contribution in [3.63, 3.8) is 0 Å². The van der Waals surface area contributed by atoms with Gasteiger partial charge in [0, 0.05) is 19.3 Å². The average Bonchev–Trinajstić information content (AvgIpc) is 3.33. The quantitative estimate of drug-likeness (QED) is 0.455. The molecule has 0 N–H and O–H groups in total. The van der Waals surface area contributed by atoms with Gasteiger partial charge in [-0.1, -0.05) is 30.3 Å². The third-order valence-corrected chi connectivity index (χ3v) is 4.83. The number of aromatic nitrogens is 4. The number of nitrogens with zero attached hydrogens (tertiary/aromatic N) is 4. The maximum Gasteiger partial charge on any atom is 0.329 e. The molecular weight excluding hydrogens is 368 g/mol. The van der Waals surface area contributed by atoms with Crippen LogP contribution < -0.4 is 5.69 Å². The highest BCUT2D eigenvalue weighted by molar-refractivity contribution is 5.76. The molecule has 148 valence electrons. The van der Waals surface area contributed by atoms with E-state index in [1.54, 1.807) is 13.8 Å². The summed E-state index contributed by atoms with van der Waals surface area (Å²) in [5, 5.41) is 4.42. The maximum absolute atomic E-state index is 12.6. The summed E-state index contributed by atoms with van der Waals surface area (Å²) in [7, 11) is 0. The van der Waals surface area contributed by atoms with Crippen LogP contribution in [-0.4, -0.2) is 24.9 Å². The van der Waals surface area contributed by atoms with Crippen LogP contribution in [0.5, 0.6) is 0 Å². The number of rotatable bonds is 7. The minimum Gasteiger partial charge on any atom is -0.459 e. The first kappa shape index (κ1) is 18.7. The number of fused-ring (bicyclic) bond motifs is 1. The van der Waals surface area contributed by atoms with Crippen molar-refractivity contribution < 1.29 is 9.53 Å². The Hall–Kier alpha value is -3.61. The fourth-order valence-corrected chi connectivity index (χ4v) is 3.39. The van der Waals surface area contributed by atoms with Gasteiger partial charge in [-0.25, -0.2) is 9.48 Å². The molecule has 0 amide bonds. The predicted molar refractivity (Wildman–Crippen MR) is 110 cm³/mol. The molecular formula is C22H22N4O3. The Labute approximate surface area is 167 Å². The average molecular weight is 390 g/mol. The molecule has 0 saturated carbocycles. The van der Waals surface area contributed by atoms with E-state index in [9.17, 15) is 9.59 Å². The first-order chi connectivity index (χ1) is 14.2. The lowest BCUT2D eigenvalue weighted by molar-refractivity contribution is -0.145. The van der Waals surface area contributed by atoms with Gasteiger partial charge in [0.15, 0.2) is 0 Å². The van der Waals surface area contributed by atoms with Gasteiger partial charge in [0.25, 0.3) is 0 Å². The maximum atomic E-state index is 12.6. The van der Waals surface area contributed by atoms with E-state index in [1.165, 1.54) is 0 Å². The number of para-hydroxylation sites is 3. The van der Waals surface area contributed by atoms with E-state index in [4.69, 9.17) is 4.74 Å². The lowest BCUT2D eigenvalue weighted by Crippen LogP contribution is -2.25. The van der Waals surface area contributed by atoms with E-state index >= 15 is 0 Å². The number of carbonyl (C=O) groups excluding carboxylic acids is 1. The van der Waals surface area contributed by atoms with Gasteiger partial charge >= 0.3 is 11.7 Å². The van der Waals surface area contributed by atoms with Gasteiger partial charge in [-0.2, -0.15) is 5.10 Å². The molecule has 4 rings (SSSR count). The van der Waals surface area contributed by atoms with Gasteiger partial charge in [0.05, 0.1) is 23.1 Å². The number of benzene rings is 2. The van der Waals surface area contributed by atoms with Crippen molar-refractivity contribution in [1.29, 1.82) is 0 Å². The Morgan fingerprint density at radius 1 is 0.966 bits per heavy atom. The summed E-state index contributed by atoms with van der Waals surface area (Å²) >= 11 is 0. The predicted octanol–water partition coefficient (Wildman–Crippen LogP) is 3.14. The van der Waals surface area contributed by atoms with E-state index in [0.29, 0.717) is 12.2 Å². The Balaban J connectivity index is 1.38. The zero-order chi connectivity index (χ0) is 20.2. The second-order valence-electron chi connectivity index (χ2n) is 6.67.